The fraction of sp³-hybridized carbons (Fsp3) is 0.467. The molecule has 0 aromatic carbocycles. The third-order valence-electron chi connectivity index (χ3n) is 9.44. The lowest BCUT2D eigenvalue weighted by Crippen LogP contribution is -2.70. The van der Waals surface area contributed by atoms with Gasteiger partial charge in [-0.2, -0.15) is 10.1 Å². The van der Waals surface area contributed by atoms with Crippen LogP contribution >= 0.6 is 0 Å². The van der Waals surface area contributed by atoms with Crippen LogP contribution in [0.5, 0.6) is 0 Å². The van der Waals surface area contributed by atoms with Crippen molar-refractivity contribution in [1.82, 2.24) is 29.6 Å². The fourth-order valence-corrected chi connectivity index (χ4v) is 6.81. The molecule has 8 rings (SSSR count). The van der Waals surface area contributed by atoms with Crippen molar-refractivity contribution in [2.75, 3.05) is 36.4 Å². The van der Waals surface area contributed by atoms with Crippen LogP contribution in [0, 0.1) is 18.3 Å². The van der Waals surface area contributed by atoms with Crippen LogP contribution in [-0.2, 0) is 4.79 Å². The highest BCUT2D eigenvalue weighted by molar-refractivity contribution is 6.09. The number of rotatable bonds is 7. The van der Waals surface area contributed by atoms with Crippen LogP contribution in [0.1, 0.15) is 53.5 Å². The number of nitrogens with zero attached hydrogens (tertiary/aromatic N) is 7. The SMILES string of the molecule is Cc1ncc(-c2noc(C3CN(C(=O)C4CC4)C3)n2)cc1NC(=O)c1cnn2ccc(N3CC4(C3)CC(O)(C(F)F)C4)cc12. The minimum atomic E-state index is -2.74. The second-order valence-corrected chi connectivity index (χ2v) is 12.9. The second-order valence-electron chi connectivity index (χ2n) is 12.9. The number of hydrogen-bond acceptors (Lipinski definition) is 9. The Morgan fingerprint density at radius 1 is 1.16 bits per heavy atom. The Hall–Kier alpha value is -4.46. The first-order chi connectivity index (χ1) is 21.1. The number of halogens is 2. The van der Waals surface area contributed by atoms with Gasteiger partial charge >= 0.3 is 0 Å². The maximum atomic E-state index is 13.4. The third-order valence-corrected chi connectivity index (χ3v) is 9.44. The van der Waals surface area contributed by atoms with Gasteiger partial charge in [-0.15, -0.1) is 0 Å². The van der Waals surface area contributed by atoms with Gasteiger partial charge in [0.25, 0.3) is 12.3 Å². The molecule has 2 saturated carbocycles. The molecule has 0 atom stereocenters. The number of nitrogens with one attached hydrogen (secondary N) is 1. The zero-order valence-corrected chi connectivity index (χ0v) is 23.9. The standard InChI is InChI=1S/C30H30F2N8O4/c1-16-22(6-18(8-33-16)24-36-26(44-37-24)19-10-38(11-19)27(42)17-2-3-17)35-25(41)21-9-34-40-5-4-20(7-23(21)40)39-14-29(15-39)12-30(43,13-29)28(31)32/h4-9,17,19,28,43H,2-3,10-15H2,1H3,(H,35,41). The van der Waals surface area contributed by atoms with E-state index >= 15 is 0 Å². The summed E-state index contributed by atoms with van der Waals surface area (Å²) < 4.78 is 33.3. The van der Waals surface area contributed by atoms with E-state index in [1.165, 1.54) is 6.20 Å². The zero-order chi connectivity index (χ0) is 30.4. The zero-order valence-electron chi connectivity index (χ0n) is 23.9. The van der Waals surface area contributed by atoms with E-state index in [2.05, 4.69) is 30.4 Å². The number of hydrogen-bond donors (Lipinski definition) is 2. The normalized spacial score (nSPS) is 20.5. The molecule has 0 bridgehead atoms. The topological polar surface area (TPSA) is 142 Å². The summed E-state index contributed by atoms with van der Waals surface area (Å²) in [6.45, 7) is 4.07. The Morgan fingerprint density at radius 3 is 2.66 bits per heavy atom. The number of aliphatic hydroxyl groups is 1. The number of fused-ring (bicyclic) bond motifs is 1. The van der Waals surface area contributed by atoms with Crippen molar-refractivity contribution in [2.24, 2.45) is 11.3 Å². The number of aryl methyl sites for hydroxylation is 1. The predicted octanol–water partition coefficient (Wildman–Crippen LogP) is 3.27. The van der Waals surface area contributed by atoms with Gasteiger partial charge in [0.1, 0.15) is 5.60 Å². The number of anilines is 2. The average Bonchev–Trinajstić information content (AvgIpc) is 3.53. The molecule has 12 nitrogen and oxygen atoms in total. The summed E-state index contributed by atoms with van der Waals surface area (Å²) >= 11 is 0. The van der Waals surface area contributed by atoms with Gasteiger partial charge in [0.2, 0.25) is 17.6 Å². The summed E-state index contributed by atoms with van der Waals surface area (Å²) in [6.07, 6.45) is 4.27. The third kappa shape index (κ3) is 4.42. The molecule has 4 fully saturated rings. The summed E-state index contributed by atoms with van der Waals surface area (Å²) in [5.41, 5.74) is 1.31. The van der Waals surface area contributed by atoms with Gasteiger partial charge < -0.3 is 24.7 Å². The lowest BCUT2D eigenvalue weighted by molar-refractivity contribution is -0.209. The van der Waals surface area contributed by atoms with E-state index in [-0.39, 0.29) is 41.9 Å². The molecule has 2 aliphatic carbocycles. The van der Waals surface area contributed by atoms with Crippen molar-refractivity contribution >= 4 is 28.7 Å². The second kappa shape index (κ2) is 9.52. The quantitative estimate of drug-likeness (QED) is 0.325. The molecule has 0 radical (unpaired) electrons. The molecule has 1 spiro atoms. The molecule has 2 aliphatic heterocycles. The smallest absolute Gasteiger partial charge is 0.266 e. The maximum Gasteiger partial charge on any atom is 0.266 e. The van der Waals surface area contributed by atoms with Crippen LogP contribution in [-0.4, -0.2) is 84.8 Å². The first-order valence-electron chi connectivity index (χ1n) is 14.7. The minimum absolute atomic E-state index is 0.00781. The van der Waals surface area contributed by atoms with Crippen molar-refractivity contribution in [1.29, 1.82) is 0 Å². The highest BCUT2D eigenvalue weighted by atomic mass is 19.3. The molecular weight excluding hydrogens is 574 g/mol. The maximum absolute atomic E-state index is 13.4. The summed E-state index contributed by atoms with van der Waals surface area (Å²) in [6, 6.07) is 5.47. The van der Waals surface area contributed by atoms with E-state index < -0.39 is 12.0 Å². The largest absolute Gasteiger partial charge is 0.384 e. The van der Waals surface area contributed by atoms with Gasteiger partial charge in [-0.05, 0) is 50.8 Å². The van der Waals surface area contributed by atoms with Crippen molar-refractivity contribution in [3.8, 4) is 11.4 Å². The summed E-state index contributed by atoms with van der Waals surface area (Å²) in [4.78, 5) is 38.5. The number of amides is 2. The molecule has 2 amide bonds. The predicted molar refractivity (Wildman–Crippen MR) is 152 cm³/mol. The van der Waals surface area contributed by atoms with E-state index in [9.17, 15) is 23.5 Å². The van der Waals surface area contributed by atoms with E-state index in [4.69, 9.17) is 4.52 Å². The van der Waals surface area contributed by atoms with Gasteiger partial charge in [-0.1, -0.05) is 5.16 Å². The van der Waals surface area contributed by atoms with Crippen molar-refractivity contribution < 1.29 is 28.0 Å². The molecule has 4 aliphatic rings. The molecule has 4 aromatic heterocycles. The van der Waals surface area contributed by atoms with Crippen molar-refractivity contribution in [3.63, 3.8) is 0 Å². The molecule has 6 heterocycles. The molecule has 2 N–H and O–H groups in total. The van der Waals surface area contributed by atoms with Gasteiger partial charge in [0.15, 0.2) is 0 Å². The lowest BCUT2D eigenvalue weighted by atomic mass is 9.55. The number of aromatic nitrogens is 5. The highest BCUT2D eigenvalue weighted by Gasteiger charge is 2.63. The minimum Gasteiger partial charge on any atom is -0.384 e. The molecule has 0 unspecified atom stereocenters. The van der Waals surface area contributed by atoms with E-state index in [0.717, 1.165) is 18.5 Å². The van der Waals surface area contributed by atoms with Crippen LogP contribution < -0.4 is 10.2 Å². The van der Waals surface area contributed by atoms with Crippen LogP contribution in [0.15, 0.2) is 41.3 Å². The van der Waals surface area contributed by atoms with E-state index in [1.54, 1.807) is 29.9 Å². The Bertz CT molecular complexity index is 1800. The summed E-state index contributed by atoms with van der Waals surface area (Å²) in [7, 11) is 0. The van der Waals surface area contributed by atoms with E-state index in [1.807, 2.05) is 17.0 Å². The number of carbonyl (C=O) groups is 2. The van der Waals surface area contributed by atoms with Gasteiger partial charge in [-0.3, -0.25) is 14.6 Å². The summed E-state index contributed by atoms with van der Waals surface area (Å²) in [5.74, 6) is 0.854. The number of carbonyl (C=O) groups excluding carboxylic acids is 2. The number of alkyl halides is 2. The molecule has 2 saturated heterocycles. The Labute approximate surface area is 250 Å². The monoisotopic (exact) mass is 604 g/mol. The molecule has 14 heteroatoms. The Morgan fingerprint density at radius 2 is 1.93 bits per heavy atom. The average molecular weight is 605 g/mol. The Balaban J connectivity index is 0.952. The van der Waals surface area contributed by atoms with Gasteiger partial charge in [0.05, 0.1) is 34.6 Å². The molecule has 228 valence electrons. The van der Waals surface area contributed by atoms with Crippen molar-refractivity contribution in [3.05, 3.63) is 53.9 Å². The fourth-order valence-electron chi connectivity index (χ4n) is 6.81. The van der Waals surface area contributed by atoms with Crippen LogP contribution in [0.3, 0.4) is 0 Å². The summed E-state index contributed by atoms with van der Waals surface area (Å²) in [5, 5.41) is 21.4. The first-order valence-corrected chi connectivity index (χ1v) is 14.7. The Kier molecular flexibility index (Phi) is 5.87. The molecular formula is C30H30F2N8O4. The van der Waals surface area contributed by atoms with Gasteiger partial charge in [-0.25, -0.2) is 13.3 Å². The lowest BCUT2D eigenvalue weighted by Gasteiger charge is -2.62. The number of pyridine rings is 2. The molecule has 4 aromatic rings. The first kappa shape index (κ1) is 27.1. The van der Waals surface area contributed by atoms with Crippen LogP contribution in [0.2, 0.25) is 0 Å². The van der Waals surface area contributed by atoms with Crippen LogP contribution in [0.4, 0.5) is 20.2 Å². The molecule has 44 heavy (non-hydrogen) atoms. The van der Waals surface area contributed by atoms with Gasteiger partial charge in [0, 0.05) is 61.2 Å². The number of likely N-dealkylation sites (tertiary alicyclic amines) is 1. The van der Waals surface area contributed by atoms with Crippen molar-refractivity contribution in [2.45, 2.75) is 50.6 Å². The highest BCUT2D eigenvalue weighted by Crippen LogP contribution is 2.56. The van der Waals surface area contributed by atoms with Crippen LogP contribution in [0.25, 0.3) is 16.9 Å². The van der Waals surface area contributed by atoms with E-state index in [0.29, 0.717) is 65.9 Å².